The standard InChI is InChI=1S/C18H28N2O4/c1-12-4-6-14(7-5-12)20-11-13(9-16(20)21)18(24)19-8-2-3-15(19)10-17(22)23/h12-15H,2-11H2,1H3,(H,22,23). The minimum atomic E-state index is -0.861. The molecule has 6 nitrogen and oxygen atoms in total. The van der Waals surface area contributed by atoms with Crippen LogP contribution in [0.4, 0.5) is 0 Å². The highest BCUT2D eigenvalue weighted by Crippen LogP contribution is 2.33. The van der Waals surface area contributed by atoms with Gasteiger partial charge in [0.15, 0.2) is 0 Å². The first-order chi connectivity index (χ1) is 11.5. The fourth-order valence-electron chi connectivity index (χ4n) is 4.58. The maximum absolute atomic E-state index is 12.8. The zero-order valence-corrected chi connectivity index (χ0v) is 14.4. The lowest BCUT2D eigenvalue weighted by Crippen LogP contribution is -2.43. The average molecular weight is 336 g/mol. The maximum atomic E-state index is 12.8. The molecular weight excluding hydrogens is 308 g/mol. The molecule has 2 heterocycles. The SMILES string of the molecule is CC1CCC(N2CC(C(=O)N3CCCC3CC(=O)O)CC2=O)CC1. The molecule has 0 aromatic carbocycles. The normalized spacial score (nSPS) is 34.0. The molecule has 0 spiro atoms. The van der Waals surface area contributed by atoms with Gasteiger partial charge in [-0.3, -0.25) is 14.4 Å². The van der Waals surface area contributed by atoms with E-state index >= 15 is 0 Å². The van der Waals surface area contributed by atoms with Crippen molar-refractivity contribution < 1.29 is 19.5 Å². The van der Waals surface area contributed by atoms with E-state index in [2.05, 4.69) is 6.92 Å². The lowest BCUT2D eigenvalue weighted by Gasteiger charge is -2.34. The highest BCUT2D eigenvalue weighted by atomic mass is 16.4. The van der Waals surface area contributed by atoms with Crippen LogP contribution in [-0.4, -0.2) is 57.9 Å². The van der Waals surface area contributed by atoms with Crippen LogP contribution in [0.15, 0.2) is 0 Å². The van der Waals surface area contributed by atoms with Gasteiger partial charge in [-0.05, 0) is 44.4 Å². The minimum absolute atomic E-state index is 0.0105. The van der Waals surface area contributed by atoms with Crippen LogP contribution < -0.4 is 0 Å². The fraction of sp³-hybridized carbons (Fsp3) is 0.833. The largest absolute Gasteiger partial charge is 0.481 e. The molecule has 2 aliphatic heterocycles. The summed E-state index contributed by atoms with van der Waals surface area (Å²) >= 11 is 0. The monoisotopic (exact) mass is 336 g/mol. The summed E-state index contributed by atoms with van der Waals surface area (Å²) in [4.78, 5) is 39.9. The van der Waals surface area contributed by atoms with Crippen molar-refractivity contribution in [1.82, 2.24) is 9.80 Å². The highest BCUT2D eigenvalue weighted by molar-refractivity contribution is 5.90. The lowest BCUT2D eigenvalue weighted by molar-refractivity contribution is -0.141. The number of hydrogen-bond donors (Lipinski definition) is 1. The second kappa shape index (κ2) is 7.11. The summed E-state index contributed by atoms with van der Waals surface area (Å²) in [6.45, 7) is 3.40. The molecule has 3 fully saturated rings. The van der Waals surface area contributed by atoms with Crippen LogP contribution in [0.1, 0.15) is 58.3 Å². The van der Waals surface area contributed by atoms with Crippen LogP contribution in [0.25, 0.3) is 0 Å². The first-order valence-electron chi connectivity index (χ1n) is 9.27. The van der Waals surface area contributed by atoms with Gasteiger partial charge in [0, 0.05) is 31.6 Å². The first kappa shape index (κ1) is 17.2. The molecule has 0 aromatic rings. The van der Waals surface area contributed by atoms with Crippen LogP contribution in [-0.2, 0) is 14.4 Å². The van der Waals surface area contributed by atoms with Gasteiger partial charge in [-0.25, -0.2) is 0 Å². The topological polar surface area (TPSA) is 77.9 Å². The molecule has 6 heteroatoms. The highest BCUT2D eigenvalue weighted by Gasteiger charge is 2.42. The third kappa shape index (κ3) is 3.57. The molecule has 1 aliphatic carbocycles. The van der Waals surface area contributed by atoms with Crippen molar-refractivity contribution in [3.05, 3.63) is 0 Å². The van der Waals surface area contributed by atoms with Gasteiger partial charge in [-0.1, -0.05) is 6.92 Å². The van der Waals surface area contributed by atoms with Crippen LogP contribution >= 0.6 is 0 Å². The zero-order valence-electron chi connectivity index (χ0n) is 14.4. The van der Waals surface area contributed by atoms with E-state index in [4.69, 9.17) is 5.11 Å². The molecule has 3 rings (SSSR count). The molecule has 2 saturated heterocycles. The van der Waals surface area contributed by atoms with E-state index in [9.17, 15) is 14.4 Å². The molecule has 134 valence electrons. The van der Waals surface area contributed by atoms with Gasteiger partial charge in [0.2, 0.25) is 11.8 Å². The maximum Gasteiger partial charge on any atom is 0.305 e. The van der Waals surface area contributed by atoms with Gasteiger partial charge in [0.05, 0.1) is 12.3 Å². The van der Waals surface area contributed by atoms with E-state index < -0.39 is 5.97 Å². The molecule has 2 unspecified atom stereocenters. The number of likely N-dealkylation sites (tertiary alicyclic amines) is 2. The van der Waals surface area contributed by atoms with E-state index in [-0.39, 0.29) is 30.2 Å². The van der Waals surface area contributed by atoms with Crippen molar-refractivity contribution >= 4 is 17.8 Å². The average Bonchev–Trinajstić information content (AvgIpc) is 3.14. The van der Waals surface area contributed by atoms with Crippen molar-refractivity contribution in [2.75, 3.05) is 13.1 Å². The number of nitrogens with zero attached hydrogens (tertiary/aromatic N) is 2. The molecule has 3 aliphatic rings. The smallest absolute Gasteiger partial charge is 0.305 e. The van der Waals surface area contributed by atoms with E-state index in [1.807, 2.05) is 4.90 Å². The predicted molar refractivity (Wildman–Crippen MR) is 88.2 cm³/mol. The quantitative estimate of drug-likeness (QED) is 0.850. The van der Waals surface area contributed by atoms with Crippen LogP contribution in [0.3, 0.4) is 0 Å². The van der Waals surface area contributed by atoms with Gasteiger partial charge < -0.3 is 14.9 Å². The first-order valence-corrected chi connectivity index (χ1v) is 9.27. The Morgan fingerprint density at radius 1 is 1.17 bits per heavy atom. The molecule has 1 saturated carbocycles. The van der Waals surface area contributed by atoms with E-state index in [0.717, 1.165) is 44.4 Å². The predicted octanol–water partition coefficient (Wildman–Crippen LogP) is 1.88. The summed E-state index contributed by atoms with van der Waals surface area (Å²) in [5, 5.41) is 9.01. The number of carbonyl (C=O) groups is 3. The summed E-state index contributed by atoms with van der Waals surface area (Å²) in [5.74, 6) is -0.329. The molecule has 0 aromatic heterocycles. The van der Waals surface area contributed by atoms with E-state index in [1.165, 1.54) is 0 Å². The third-order valence-corrected chi connectivity index (χ3v) is 6.00. The Kier molecular flexibility index (Phi) is 5.11. The number of carboxylic acid groups (broad SMARTS) is 1. The van der Waals surface area contributed by atoms with Gasteiger partial charge >= 0.3 is 5.97 Å². The summed E-state index contributed by atoms with van der Waals surface area (Å²) in [6, 6.07) is 0.0922. The van der Waals surface area contributed by atoms with Crippen LogP contribution in [0.5, 0.6) is 0 Å². The van der Waals surface area contributed by atoms with Gasteiger partial charge in [-0.15, -0.1) is 0 Å². The zero-order chi connectivity index (χ0) is 17.3. The van der Waals surface area contributed by atoms with Crippen LogP contribution in [0.2, 0.25) is 0 Å². The van der Waals surface area contributed by atoms with Crippen molar-refractivity contribution in [3.8, 4) is 0 Å². The number of amides is 2. The molecule has 2 atom stereocenters. The van der Waals surface area contributed by atoms with Gasteiger partial charge in [0.1, 0.15) is 0 Å². The second-order valence-electron chi connectivity index (χ2n) is 7.79. The Balaban J connectivity index is 1.60. The Bertz CT molecular complexity index is 513. The van der Waals surface area contributed by atoms with E-state index in [0.29, 0.717) is 25.6 Å². The van der Waals surface area contributed by atoms with Gasteiger partial charge in [0.25, 0.3) is 0 Å². The Morgan fingerprint density at radius 3 is 2.54 bits per heavy atom. The number of rotatable bonds is 4. The van der Waals surface area contributed by atoms with Crippen LogP contribution in [0, 0.1) is 11.8 Å². The van der Waals surface area contributed by atoms with Crippen molar-refractivity contribution in [1.29, 1.82) is 0 Å². The summed E-state index contributed by atoms with van der Waals surface area (Å²) in [5.41, 5.74) is 0. The molecule has 0 radical (unpaired) electrons. The molecule has 24 heavy (non-hydrogen) atoms. The second-order valence-corrected chi connectivity index (χ2v) is 7.79. The Hall–Kier alpha value is -1.59. The molecule has 0 bridgehead atoms. The summed E-state index contributed by atoms with van der Waals surface area (Å²) in [6.07, 6.45) is 6.30. The third-order valence-electron chi connectivity index (χ3n) is 6.00. The number of carbonyl (C=O) groups excluding carboxylic acids is 2. The van der Waals surface area contributed by atoms with Gasteiger partial charge in [-0.2, -0.15) is 0 Å². The lowest BCUT2D eigenvalue weighted by atomic mass is 9.86. The van der Waals surface area contributed by atoms with Crippen molar-refractivity contribution in [3.63, 3.8) is 0 Å². The Labute approximate surface area is 143 Å². The van der Waals surface area contributed by atoms with E-state index in [1.54, 1.807) is 4.90 Å². The number of aliphatic carboxylic acids is 1. The number of carboxylic acids is 1. The summed E-state index contributed by atoms with van der Waals surface area (Å²) in [7, 11) is 0. The number of hydrogen-bond acceptors (Lipinski definition) is 3. The van der Waals surface area contributed by atoms with Crippen molar-refractivity contribution in [2.45, 2.75) is 70.4 Å². The summed E-state index contributed by atoms with van der Waals surface area (Å²) < 4.78 is 0. The van der Waals surface area contributed by atoms with Crippen molar-refractivity contribution in [2.24, 2.45) is 11.8 Å². The Morgan fingerprint density at radius 2 is 1.88 bits per heavy atom. The molecular formula is C18H28N2O4. The minimum Gasteiger partial charge on any atom is -0.481 e. The molecule has 1 N–H and O–H groups in total. The fourth-order valence-corrected chi connectivity index (χ4v) is 4.58. The molecule has 2 amide bonds.